The first-order valence-electron chi connectivity index (χ1n) is 5.74. The molecule has 1 aliphatic carbocycles. The van der Waals surface area contributed by atoms with Crippen LogP contribution in [0, 0.1) is 17.0 Å². The van der Waals surface area contributed by atoms with E-state index in [1.165, 1.54) is 6.07 Å². The number of carboxylic acids is 1. The summed E-state index contributed by atoms with van der Waals surface area (Å²) in [7, 11) is 0. The van der Waals surface area contributed by atoms with Crippen molar-refractivity contribution in [3.63, 3.8) is 0 Å². The molecule has 1 N–H and O–H groups in total. The molecular weight excluding hydrogens is 258 g/mol. The summed E-state index contributed by atoms with van der Waals surface area (Å²) in [4.78, 5) is 10.7. The molecule has 2 rings (SSSR count). The summed E-state index contributed by atoms with van der Waals surface area (Å²) in [5.74, 6) is -1.09. The number of rotatable bonds is 6. The molecule has 0 aromatic heterocycles. The summed E-state index contributed by atoms with van der Waals surface area (Å²) in [5, 5.41) is 8.77. The molecule has 5 heteroatoms. The molecule has 0 spiro atoms. The molecule has 98 valence electrons. The minimum Gasteiger partial charge on any atom is -0.481 e. The van der Waals surface area contributed by atoms with Crippen molar-refractivity contribution < 1.29 is 18.7 Å². The van der Waals surface area contributed by atoms with Gasteiger partial charge < -0.3 is 5.11 Å². The predicted molar refractivity (Wildman–Crippen MR) is 66.4 cm³/mol. The first-order valence-corrected chi connectivity index (χ1v) is 6.90. The molecule has 1 saturated carbocycles. The Labute approximate surface area is 108 Å². The van der Waals surface area contributed by atoms with Crippen LogP contribution < -0.4 is 0 Å². The molecule has 0 heterocycles. The molecule has 0 saturated heterocycles. The Kier molecular flexibility index (Phi) is 3.90. The van der Waals surface area contributed by atoms with Gasteiger partial charge in [-0.25, -0.2) is 8.78 Å². The Morgan fingerprint density at radius 1 is 1.33 bits per heavy atom. The van der Waals surface area contributed by atoms with Gasteiger partial charge in [-0.2, -0.15) is 11.8 Å². The average Bonchev–Trinajstić information content (AvgIpc) is 3.02. The highest BCUT2D eigenvalue weighted by Gasteiger charge is 2.43. The van der Waals surface area contributed by atoms with Crippen LogP contribution in [0.3, 0.4) is 0 Å². The van der Waals surface area contributed by atoms with Gasteiger partial charge in [0.05, 0.1) is 6.42 Å². The lowest BCUT2D eigenvalue weighted by atomic mass is 10.1. The molecule has 1 aliphatic rings. The third-order valence-corrected chi connectivity index (χ3v) is 4.50. The van der Waals surface area contributed by atoms with E-state index >= 15 is 0 Å². The monoisotopic (exact) mass is 272 g/mol. The third kappa shape index (κ3) is 3.45. The third-order valence-electron chi connectivity index (χ3n) is 3.14. The highest BCUT2D eigenvalue weighted by atomic mass is 32.2. The Balaban J connectivity index is 1.82. The fraction of sp³-hybridized carbons (Fsp3) is 0.462. The Hall–Kier alpha value is -1.10. The number of hydrogen-bond acceptors (Lipinski definition) is 2. The summed E-state index contributed by atoms with van der Waals surface area (Å²) < 4.78 is 25.7. The van der Waals surface area contributed by atoms with E-state index in [9.17, 15) is 13.6 Å². The standard InChI is InChI=1S/C13H14F2O2S/c14-10-2-1-9(5-11(10)15)7-18-8-13(3-4-13)6-12(16)17/h1-2,5H,3-4,6-8H2,(H,16,17). The highest BCUT2D eigenvalue weighted by Crippen LogP contribution is 2.51. The van der Waals surface area contributed by atoms with E-state index in [0.29, 0.717) is 5.75 Å². The zero-order valence-electron chi connectivity index (χ0n) is 9.79. The molecule has 1 fully saturated rings. The van der Waals surface area contributed by atoms with Crippen molar-refractivity contribution in [1.29, 1.82) is 0 Å². The number of benzene rings is 1. The van der Waals surface area contributed by atoms with Crippen LogP contribution in [0.2, 0.25) is 0 Å². The topological polar surface area (TPSA) is 37.3 Å². The van der Waals surface area contributed by atoms with Gasteiger partial charge >= 0.3 is 5.97 Å². The zero-order valence-corrected chi connectivity index (χ0v) is 10.6. The van der Waals surface area contributed by atoms with Crippen molar-refractivity contribution in [1.82, 2.24) is 0 Å². The van der Waals surface area contributed by atoms with Gasteiger partial charge in [0, 0.05) is 5.75 Å². The number of aliphatic carboxylic acids is 1. The number of carbonyl (C=O) groups is 1. The lowest BCUT2D eigenvalue weighted by Gasteiger charge is -2.11. The zero-order chi connectivity index (χ0) is 13.2. The highest BCUT2D eigenvalue weighted by molar-refractivity contribution is 7.98. The molecule has 0 aliphatic heterocycles. The fourth-order valence-corrected chi connectivity index (χ4v) is 3.23. The van der Waals surface area contributed by atoms with Gasteiger partial charge in [0.15, 0.2) is 11.6 Å². The minimum atomic E-state index is -0.840. The van der Waals surface area contributed by atoms with Crippen LogP contribution in [-0.2, 0) is 10.5 Å². The molecule has 0 unspecified atom stereocenters. The van der Waals surface area contributed by atoms with Crippen molar-refractivity contribution >= 4 is 17.7 Å². The lowest BCUT2D eigenvalue weighted by Crippen LogP contribution is -2.11. The van der Waals surface area contributed by atoms with Crippen LogP contribution in [0.25, 0.3) is 0 Å². The van der Waals surface area contributed by atoms with Crippen molar-refractivity contribution in [2.75, 3.05) is 5.75 Å². The first-order chi connectivity index (χ1) is 8.51. The summed E-state index contributed by atoms with van der Waals surface area (Å²) >= 11 is 1.58. The van der Waals surface area contributed by atoms with Gasteiger partial charge in [-0.3, -0.25) is 4.79 Å². The number of halogens is 2. The predicted octanol–water partition coefficient (Wildman–Crippen LogP) is 3.45. The van der Waals surface area contributed by atoms with Crippen molar-refractivity contribution in [3.8, 4) is 0 Å². The average molecular weight is 272 g/mol. The van der Waals surface area contributed by atoms with E-state index in [2.05, 4.69) is 0 Å². The second kappa shape index (κ2) is 5.26. The second-order valence-electron chi connectivity index (χ2n) is 4.81. The molecule has 0 atom stereocenters. The van der Waals surface area contributed by atoms with E-state index in [1.807, 2.05) is 0 Å². The van der Waals surface area contributed by atoms with E-state index in [-0.39, 0.29) is 11.8 Å². The van der Waals surface area contributed by atoms with Gasteiger partial charge in [0.25, 0.3) is 0 Å². The molecule has 1 aromatic rings. The van der Waals surface area contributed by atoms with E-state index < -0.39 is 17.6 Å². The van der Waals surface area contributed by atoms with Gasteiger partial charge in [-0.15, -0.1) is 0 Å². The van der Waals surface area contributed by atoms with Gasteiger partial charge in [0.2, 0.25) is 0 Å². The Bertz CT molecular complexity index is 458. The molecule has 1 aromatic carbocycles. The first kappa shape index (κ1) is 13.3. The summed E-state index contributed by atoms with van der Waals surface area (Å²) in [6.45, 7) is 0. The van der Waals surface area contributed by atoms with Crippen LogP contribution in [0.4, 0.5) is 8.78 Å². The second-order valence-corrected chi connectivity index (χ2v) is 5.80. The van der Waals surface area contributed by atoms with Crippen LogP contribution in [0.5, 0.6) is 0 Å². The Morgan fingerprint density at radius 2 is 2.06 bits per heavy atom. The molecular formula is C13H14F2O2S. The normalized spacial score (nSPS) is 16.6. The van der Waals surface area contributed by atoms with Crippen LogP contribution >= 0.6 is 11.8 Å². The number of thioether (sulfide) groups is 1. The van der Waals surface area contributed by atoms with Gasteiger partial charge in [-0.05, 0) is 41.7 Å². The van der Waals surface area contributed by atoms with Crippen LogP contribution in [0.15, 0.2) is 18.2 Å². The maximum absolute atomic E-state index is 13.0. The molecule has 0 bridgehead atoms. The SMILES string of the molecule is O=C(O)CC1(CSCc2ccc(F)c(F)c2)CC1. The van der Waals surface area contributed by atoms with Crippen LogP contribution in [0.1, 0.15) is 24.8 Å². The molecule has 18 heavy (non-hydrogen) atoms. The maximum atomic E-state index is 13.0. The van der Waals surface area contributed by atoms with Crippen molar-refractivity contribution in [2.24, 2.45) is 5.41 Å². The maximum Gasteiger partial charge on any atom is 0.303 e. The van der Waals surface area contributed by atoms with E-state index in [0.717, 1.165) is 30.2 Å². The summed E-state index contributed by atoms with van der Waals surface area (Å²) in [6, 6.07) is 3.87. The quantitative estimate of drug-likeness (QED) is 0.861. The summed E-state index contributed by atoms with van der Waals surface area (Å²) in [6.07, 6.45) is 2.10. The van der Waals surface area contributed by atoms with Crippen molar-refractivity contribution in [3.05, 3.63) is 35.4 Å². The smallest absolute Gasteiger partial charge is 0.303 e. The van der Waals surface area contributed by atoms with Crippen LogP contribution in [-0.4, -0.2) is 16.8 Å². The Morgan fingerprint density at radius 3 is 2.61 bits per heavy atom. The van der Waals surface area contributed by atoms with Gasteiger partial charge in [-0.1, -0.05) is 6.07 Å². The molecule has 0 radical (unpaired) electrons. The summed E-state index contributed by atoms with van der Waals surface area (Å²) in [5.41, 5.74) is 0.666. The number of hydrogen-bond donors (Lipinski definition) is 1. The van der Waals surface area contributed by atoms with E-state index in [1.54, 1.807) is 17.8 Å². The lowest BCUT2D eigenvalue weighted by molar-refractivity contribution is -0.138. The fourth-order valence-electron chi connectivity index (χ4n) is 1.88. The van der Waals surface area contributed by atoms with Crippen molar-refractivity contribution in [2.45, 2.75) is 25.0 Å². The van der Waals surface area contributed by atoms with Gasteiger partial charge in [0.1, 0.15) is 0 Å². The van der Waals surface area contributed by atoms with E-state index in [4.69, 9.17) is 5.11 Å². The minimum absolute atomic E-state index is 0.0604. The molecule has 2 nitrogen and oxygen atoms in total. The molecule has 0 amide bonds. The number of carboxylic acid groups (broad SMARTS) is 1. The largest absolute Gasteiger partial charge is 0.481 e.